The fourth-order valence-electron chi connectivity index (χ4n) is 2.38. The van der Waals surface area contributed by atoms with Gasteiger partial charge in [0.25, 0.3) is 0 Å². The lowest BCUT2D eigenvalue weighted by Gasteiger charge is -2.09. The quantitative estimate of drug-likeness (QED) is 0.661. The van der Waals surface area contributed by atoms with E-state index in [1.807, 2.05) is 29.8 Å². The van der Waals surface area contributed by atoms with Crippen molar-refractivity contribution >= 4 is 5.65 Å². The van der Waals surface area contributed by atoms with Crippen LogP contribution in [0.25, 0.3) is 16.9 Å². The van der Waals surface area contributed by atoms with Gasteiger partial charge in [0, 0.05) is 5.56 Å². The van der Waals surface area contributed by atoms with E-state index in [-0.39, 0.29) is 0 Å². The minimum Gasteiger partial charge on any atom is -0.232 e. The lowest BCUT2D eigenvalue weighted by molar-refractivity contribution is 0.939. The number of aromatic nitrogens is 3. The molecule has 3 nitrogen and oxygen atoms in total. The summed E-state index contributed by atoms with van der Waals surface area (Å²) in [5.41, 5.74) is 7.93. The highest BCUT2D eigenvalue weighted by Gasteiger charge is 2.07. The molecule has 0 bridgehead atoms. The van der Waals surface area contributed by atoms with Crippen LogP contribution in [0.15, 0.2) is 30.5 Å². The molecule has 0 aliphatic heterocycles. The standard InChI is InChI=1S/C16H17N3/c1-10-7-12(3)14(8-11(10)2)15-5-6-16-17-13(4)9-19(16)18-15/h5-9H,1-4H3. The monoisotopic (exact) mass is 251 g/mol. The maximum Gasteiger partial charge on any atom is 0.153 e. The highest BCUT2D eigenvalue weighted by Crippen LogP contribution is 2.25. The van der Waals surface area contributed by atoms with E-state index in [4.69, 9.17) is 0 Å². The van der Waals surface area contributed by atoms with E-state index in [9.17, 15) is 0 Å². The molecule has 96 valence electrons. The average Bonchev–Trinajstić information content (AvgIpc) is 2.72. The number of fused-ring (bicyclic) bond motifs is 1. The second-order valence-corrected chi connectivity index (χ2v) is 5.16. The molecule has 0 aliphatic rings. The van der Waals surface area contributed by atoms with Crippen LogP contribution >= 0.6 is 0 Å². The van der Waals surface area contributed by atoms with Crippen LogP contribution in [0.4, 0.5) is 0 Å². The van der Waals surface area contributed by atoms with Crippen molar-refractivity contribution in [2.45, 2.75) is 27.7 Å². The highest BCUT2D eigenvalue weighted by molar-refractivity contribution is 5.66. The number of nitrogens with zero attached hydrogens (tertiary/aromatic N) is 3. The van der Waals surface area contributed by atoms with Gasteiger partial charge in [-0.1, -0.05) is 6.07 Å². The first kappa shape index (κ1) is 11.9. The summed E-state index contributed by atoms with van der Waals surface area (Å²) in [5.74, 6) is 0. The van der Waals surface area contributed by atoms with Gasteiger partial charge >= 0.3 is 0 Å². The van der Waals surface area contributed by atoms with Gasteiger partial charge in [0.2, 0.25) is 0 Å². The first-order chi connectivity index (χ1) is 9.04. The normalized spacial score (nSPS) is 11.2. The predicted molar refractivity (Wildman–Crippen MR) is 77.4 cm³/mol. The molecule has 0 unspecified atom stereocenters. The van der Waals surface area contributed by atoms with Crippen LogP contribution in [-0.2, 0) is 0 Å². The van der Waals surface area contributed by atoms with E-state index in [1.165, 1.54) is 22.3 Å². The Bertz CT molecular complexity index is 769. The number of aryl methyl sites for hydroxylation is 4. The minimum absolute atomic E-state index is 0.891. The van der Waals surface area contributed by atoms with E-state index < -0.39 is 0 Å². The molecule has 2 aromatic heterocycles. The molecule has 0 saturated heterocycles. The molecule has 3 aromatic rings. The molecule has 3 heteroatoms. The zero-order valence-electron chi connectivity index (χ0n) is 11.7. The Labute approximate surface area is 112 Å². The molecule has 0 saturated carbocycles. The minimum atomic E-state index is 0.891. The first-order valence-electron chi connectivity index (χ1n) is 6.46. The molecule has 1 aromatic carbocycles. The van der Waals surface area contributed by atoms with E-state index in [0.29, 0.717) is 0 Å². The molecule has 0 fully saturated rings. The van der Waals surface area contributed by atoms with Crippen molar-refractivity contribution in [2.24, 2.45) is 0 Å². The third-order valence-corrected chi connectivity index (χ3v) is 3.56. The van der Waals surface area contributed by atoms with E-state index in [0.717, 1.165) is 17.0 Å². The van der Waals surface area contributed by atoms with Crippen LogP contribution in [0.1, 0.15) is 22.4 Å². The molecule has 2 heterocycles. The topological polar surface area (TPSA) is 30.2 Å². The zero-order chi connectivity index (χ0) is 13.6. The molecular formula is C16H17N3. The van der Waals surface area contributed by atoms with Crippen molar-refractivity contribution in [3.63, 3.8) is 0 Å². The Balaban J connectivity index is 2.21. The van der Waals surface area contributed by atoms with Gasteiger partial charge in [-0.05, 0) is 62.6 Å². The Morgan fingerprint density at radius 2 is 1.63 bits per heavy atom. The van der Waals surface area contributed by atoms with Crippen LogP contribution in [0.2, 0.25) is 0 Å². The summed E-state index contributed by atoms with van der Waals surface area (Å²) in [6, 6.07) is 8.49. The van der Waals surface area contributed by atoms with Crippen LogP contribution in [0.5, 0.6) is 0 Å². The summed E-state index contributed by atoms with van der Waals surface area (Å²) in [6.07, 6.45) is 1.95. The molecule has 0 amide bonds. The summed E-state index contributed by atoms with van der Waals surface area (Å²) >= 11 is 0. The third-order valence-electron chi connectivity index (χ3n) is 3.56. The van der Waals surface area contributed by atoms with Crippen LogP contribution in [0.3, 0.4) is 0 Å². The van der Waals surface area contributed by atoms with Gasteiger partial charge in [-0.15, -0.1) is 0 Å². The van der Waals surface area contributed by atoms with Crippen LogP contribution in [-0.4, -0.2) is 14.6 Å². The van der Waals surface area contributed by atoms with Crippen molar-refractivity contribution < 1.29 is 0 Å². The van der Waals surface area contributed by atoms with Crippen molar-refractivity contribution in [3.05, 3.63) is 52.8 Å². The second-order valence-electron chi connectivity index (χ2n) is 5.16. The van der Waals surface area contributed by atoms with E-state index in [2.05, 4.69) is 43.0 Å². The number of imidazole rings is 1. The molecule has 0 radical (unpaired) electrons. The lowest BCUT2D eigenvalue weighted by atomic mass is 9.99. The lowest BCUT2D eigenvalue weighted by Crippen LogP contribution is -1.96. The van der Waals surface area contributed by atoms with Gasteiger partial charge in [0.1, 0.15) is 0 Å². The van der Waals surface area contributed by atoms with Gasteiger partial charge in [-0.2, -0.15) is 5.10 Å². The van der Waals surface area contributed by atoms with Crippen LogP contribution in [0, 0.1) is 27.7 Å². The van der Waals surface area contributed by atoms with Crippen molar-refractivity contribution in [1.29, 1.82) is 0 Å². The van der Waals surface area contributed by atoms with Crippen molar-refractivity contribution in [3.8, 4) is 11.3 Å². The summed E-state index contributed by atoms with van der Waals surface area (Å²) < 4.78 is 1.85. The Kier molecular flexibility index (Phi) is 2.63. The Morgan fingerprint density at radius 3 is 2.42 bits per heavy atom. The maximum absolute atomic E-state index is 4.65. The van der Waals surface area contributed by atoms with Crippen LogP contribution < -0.4 is 0 Å². The third kappa shape index (κ3) is 2.01. The molecule has 3 rings (SSSR count). The Morgan fingerprint density at radius 1 is 0.895 bits per heavy atom. The number of rotatable bonds is 1. The van der Waals surface area contributed by atoms with Gasteiger partial charge in [0.15, 0.2) is 5.65 Å². The highest BCUT2D eigenvalue weighted by atomic mass is 15.2. The van der Waals surface area contributed by atoms with E-state index >= 15 is 0 Å². The predicted octanol–water partition coefficient (Wildman–Crippen LogP) is 3.63. The average molecular weight is 251 g/mol. The Hall–Kier alpha value is -2.16. The van der Waals surface area contributed by atoms with Gasteiger partial charge < -0.3 is 0 Å². The fourth-order valence-corrected chi connectivity index (χ4v) is 2.38. The molecule has 0 spiro atoms. The zero-order valence-corrected chi connectivity index (χ0v) is 11.7. The maximum atomic E-state index is 4.65. The first-order valence-corrected chi connectivity index (χ1v) is 6.46. The molecule has 19 heavy (non-hydrogen) atoms. The summed E-state index contributed by atoms with van der Waals surface area (Å²) in [4.78, 5) is 4.40. The summed E-state index contributed by atoms with van der Waals surface area (Å²) in [5, 5.41) is 4.65. The molecule has 0 atom stereocenters. The van der Waals surface area contributed by atoms with E-state index in [1.54, 1.807) is 0 Å². The number of benzene rings is 1. The number of hydrogen-bond acceptors (Lipinski definition) is 2. The summed E-state index contributed by atoms with van der Waals surface area (Å²) in [6.45, 7) is 8.39. The molecular weight excluding hydrogens is 234 g/mol. The smallest absolute Gasteiger partial charge is 0.153 e. The van der Waals surface area contributed by atoms with Crippen molar-refractivity contribution in [2.75, 3.05) is 0 Å². The van der Waals surface area contributed by atoms with Gasteiger partial charge in [0.05, 0.1) is 17.6 Å². The second kappa shape index (κ2) is 4.19. The van der Waals surface area contributed by atoms with Crippen molar-refractivity contribution in [1.82, 2.24) is 14.6 Å². The van der Waals surface area contributed by atoms with Gasteiger partial charge in [-0.25, -0.2) is 9.50 Å². The number of hydrogen-bond donors (Lipinski definition) is 0. The summed E-state index contributed by atoms with van der Waals surface area (Å²) in [7, 11) is 0. The SMILES string of the molecule is Cc1cn2nc(-c3cc(C)c(C)cc3C)ccc2n1. The molecule has 0 N–H and O–H groups in total. The van der Waals surface area contributed by atoms with Gasteiger partial charge in [-0.3, -0.25) is 0 Å². The largest absolute Gasteiger partial charge is 0.232 e. The fraction of sp³-hybridized carbons (Fsp3) is 0.250. The molecule has 0 aliphatic carbocycles.